The Balaban J connectivity index is 1.29. The highest BCUT2D eigenvalue weighted by molar-refractivity contribution is 5.80. The first kappa shape index (κ1) is 21.3. The predicted molar refractivity (Wildman–Crippen MR) is 119 cm³/mol. The number of aliphatic imine (C=N–C) groups is 1. The standard InChI is InChI=1S/C22H32N8O/c1-24-22(28-19-7-8-20-26-15-27-30(20)14-19)25-11-16-4-2-5-17(10-16)12-29-9-3-6-18(13-29)21(23)31/h2,4-5,10,15,18-19H,3,6-9,11-14H2,1H3,(H2,23,31)(H2,24,25,28). The lowest BCUT2D eigenvalue weighted by Gasteiger charge is -2.31. The molecule has 2 aromatic rings. The molecule has 1 saturated heterocycles. The van der Waals surface area contributed by atoms with E-state index in [4.69, 9.17) is 5.73 Å². The van der Waals surface area contributed by atoms with Gasteiger partial charge in [-0.2, -0.15) is 5.10 Å². The molecule has 0 spiro atoms. The maximum absolute atomic E-state index is 11.5. The van der Waals surface area contributed by atoms with E-state index in [0.29, 0.717) is 6.54 Å². The highest BCUT2D eigenvalue weighted by atomic mass is 16.1. The fourth-order valence-corrected chi connectivity index (χ4v) is 4.46. The lowest BCUT2D eigenvalue weighted by Crippen LogP contribution is -2.46. The summed E-state index contributed by atoms with van der Waals surface area (Å²) in [5.41, 5.74) is 7.96. The summed E-state index contributed by atoms with van der Waals surface area (Å²) < 4.78 is 1.96. The van der Waals surface area contributed by atoms with Crippen molar-refractivity contribution in [1.82, 2.24) is 30.3 Å². The zero-order valence-corrected chi connectivity index (χ0v) is 18.1. The molecule has 2 aliphatic heterocycles. The molecular formula is C22H32N8O. The summed E-state index contributed by atoms with van der Waals surface area (Å²) in [6, 6.07) is 8.85. The highest BCUT2D eigenvalue weighted by Crippen LogP contribution is 2.19. The number of rotatable bonds is 6. The average molecular weight is 425 g/mol. The first-order valence-electron chi connectivity index (χ1n) is 11.0. The second kappa shape index (κ2) is 9.91. The van der Waals surface area contributed by atoms with E-state index in [2.05, 4.69) is 54.9 Å². The van der Waals surface area contributed by atoms with Gasteiger partial charge in [0.25, 0.3) is 0 Å². The number of hydrogen-bond acceptors (Lipinski definition) is 5. The van der Waals surface area contributed by atoms with Crippen LogP contribution in [0.3, 0.4) is 0 Å². The van der Waals surface area contributed by atoms with Crippen LogP contribution in [0.5, 0.6) is 0 Å². The summed E-state index contributed by atoms with van der Waals surface area (Å²) in [7, 11) is 1.79. The third kappa shape index (κ3) is 5.61. The van der Waals surface area contributed by atoms with Crippen molar-refractivity contribution in [2.24, 2.45) is 16.6 Å². The number of amides is 1. The van der Waals surface area contributed by atoms with Crippen LogP contribution in [0.15, 0.2) is 35.6 Å². The Bertz CT molecular complexity index is 924. The number of nitrogens with zero attached hydrogens (tertiary/aromatic N) is 5. The van der Waals surface area contributed by atoms with Crippen LogP contribution >= 0.6 is 0 Å². The molecule has 2 atom stereocenters. The molecule has 1 aromatic carbocycles. The van der Waals surface area contributed by atoms with E-state index < -0.39 is 0 Å². The molecule has 3 heterocycles. The second-order valence-electron chi connectivity index (χ2n) is 8.46. The highest BCUT2D eigenvalue weighted by Gasteiger charge is 2.24. The number of nitrogens with one attached hydrogen (secondary N) is 2. The van der Waals surface area contributed by atoms with Gasteiger partial charge in [0.2, 0.25) is 5.91 Å². The lowest BCUT2D eigenvalue weighted by molar-refractivity contribution is -0.123. The van der Waals surface area contributed by atoms with Gasteiger partial charge >= 0.3 is 0 Å². The largest absolute Gasteiger partial charge is 0.369 e. The number of piperidine rings is 1. The van der Waals surface area contributed by atoms with Gasteiger partial charge in [-0.3, -0.25) is 14.7 Å². The Morgan fingerprint density at radius 2 is 2.16 bits per heavy atom. The molecule has 0 aliphatic carbocycles. The molecule has 9 heteroatoms. The molecule has 2 unspecified atom stereocenters. The average Bonchev–Trinajstić information content (AvgIpc) is 3.25. The first-order chi connectivity index (χ1) is 15.1. The summed E-state index contributed by atoms with van der Waals surface area (Å²) in [4.78, 5) is 22.5. The van der Waals surface area contributed by atoms with E-state index in [-0.39, 0.29) is 17.9 Å². The molecule has 0 radical (unpaired) electrons. The van der Waals surface area contributed by atoms with Crippen LogP contribution in [0.25, 0.3) is 0 Å². The normalized spacial score (nSPS) is 22.0. The number of fused-ring (bicyclic) bond motifs is 1. The molecular weight excluding hydrogens is 392 g/mol. The lowest BCUT2D eigenvalue weighted by atomic mass is 9.97. The number of benzene rings is 1. The smallest absolute Gasteiger partial charge is 0.221 e. The minimum absolute atomic E-state index is 0.0265. The van der Waals surface area contributed by atoms with E-state index >= 15 is 0 Å². The van der Waals surface area contributed by atoms with Crippen LogP contribution in [0.1, 0.15) is 36.2 Å². The van der Waals surface area contributed by atoms with Crippen molar-refractivity contribution >= 4 is 11.9 Å². The van der Waals surface area contributed by atoms with Crippen molar-refractivity contribution in [3.05, 3.63) is 47.5 Å². The molecule has 1 aromatic heterocycles. The summed E-state index contributed by atoms with van der Waals surface area (Å²) in [5.74, 6) is 1.63. The Morgan fingerprint density at radius 1 is 1.29 bits per heavy atom. The van der Waals surface area contributed by atoms with Crippen molar-refractivity contribution in [2.45, 2.75) is 51.4 Å². The predicted octanol–water partition coefficient (Wildman–Crippen LogP) is 0.655. The van der Waals surface area contributed by atoms with Crippen LogP contribution in [0, 0.1) is 5.92 Å². The molecule has 1 amide bonds. The van der Waals surface area contributed by atoms with Crippen molar-refractivity contribution in [3.63, 3.8) is 0 Å². The Morgan fingerprint density at radius 3 is 3.00 bits per heavy atom. The number of hydrogen-bond donors (Lipinski definition) is 3. The molecule has 4 N–H and O–H groups in total. The number of aromatic nitrogens is 3. The number of nitrogens with two attached hydrogens (primary N) is 1. The van der Waals surface area contributed by atoms with E-state index in [9.17, 15) is 4.79 Å². The van der Waals surface area contributed by atoms with Gasteiger partial charge < -0.3 is 16.4 Å². The minimum Gasteiger partial charge on any atom is -0.369 e. The third-order valence-corrected chi connectivity index (χ3v) is 6.14. The number of primary amides is 1. The van der Waals surface area contributed by atoms with E-state index in [0.717, 1.165) is 63.6 Å². The molecule has 4 rings (SSSR count). The molecule has 1 fully saturated rings. The fourth-order valence-electron chi connectivity index (χ4n) is 4.46. The van der Waals surface area contributed by atoms with Crippen LogP contribution in [-0.4, -0.2) is 57.7 Å². The summed E-state index contributed by atoms with van der Waals surface area (Å²) >= 11 is 0. The number of likely N-dealkylation sites (tertiary alicyclic amines) is 1. The topological polar surface area (TPSA) is 113 Å². The van der Waals surface area contributed by atoms with Crippen LogP contribution in [-0.2, 0) is 30.8 Å². The maximum atomic E-state index is 11.5. The molecule has 166 valence electrons. The monoisotopic (exact) mass is 424 g/mol. The molecule has 0 bridgehead atoms. The van der Waals surface area contributed by atoms with Crippen molar-refractivity contribution in [3.8, 4) is 0 Å². The van der Waals surface area contributed by atoms with Gasteiger partial charge in [-0.15, -0.1) is 0 Å². The Labute approximate surface area is 183 Å². The number of guanidine groups is 1. The number of carbonyl (C=O) groups is 1. The van der Waals surface area contributed by atoms with Crippen LogP contribution < -0.4 is 16.4 Å². The van der Waals surface area contributed by atoms with Gasteiger partial charge in [-0.1, -0.05) is 24.3 Å². The zero-order valence-electron chi connectivity index (χ0n) is 18.1. The van der Waals surface area contributed by atoms with E-state index in [1.54, 1.807) is 13.4 Å². The second-order valence-corrected chi connectivity index (χ2v) is 8.46. The van der Waals surface area contributed by atoms with Crippen molar-refractivity contribution in [2.75, 3.05) is 20.1 Å². The quantitative estimate of drug-likeness (QED) is 0.464. The summed E-state index contributed by atoms with van der Waals surface area (Å²) in [6.07, 6.45) is 5.48. The van der Waals surface area contributed by atoms with Gasteiger partial charge in [-0.05, 0) is 36.9 Å². The SMILES string of the molecule is CN=C(NCc1cccc(CN2CCCC(C(N)=O)C2)c1)NC1CCc2ncnn2C1. The number of carbonyl (C=O) groups excluding carboxylic acids is 1. The van der Waals surface area contributed by atoms with Gasteiger partial charge in [0.15, 0.2) is 5.96 Å². The molecule has 2 aliphatic rings. The van der Waals surface area contributed by atoms with Crippen LogP contribution in [0.2, 0.25) is 0 Å². The Hall–Kier alpha value is -2.94. The van der Waals surface area contributed by atoms with E-state index in [1.807, 2.05) is 4.68 Å². The Kier molecular flexibility index (Phi) is 6.81. The molecule has 9 nitrogen and oxygen atoms in total. The minimum atomic E-state index is -0.181. The molecule has 0 saturated carbocycles. The van der Waals surface area contributed by atoms with Gasteiger partial charge in [0.1, 0.15) is 12.2 Å². The summed E-state index contributed by atoms with van der Waals surface area (Å²) in [5, 5.41) is 11.2. The van der Waals surface area contributed by atoms with Gasteiger partial charge in [0.05, 0.1) is 12.5 Å². The zero-order chi connectivity index (χ0) is 21.6. The number of aryl methyl sites for hydroxylation is 1. The van der Waals surface area contributed by atoms with Crippen molar-refractivity contribution in [1.29, 1.82) is 0 Å². The van der Waals surface area contributed by atoms with Crippen LogP contribution in [0.4, 0.5) is 0 Å². The maximum Gasteiger partial charge on any atom is 0.221 e. The molecule has 31 heavy (non-hydrogen) atoms. The van der Waals surface area contributed by atoms with Gasteiger partial charge in [0, 0.05) is 39.1 Å². The summed E-state index contributed by atoms with van der Waals surface area (Å²) in [6.45, 7) is 4.10. The van der Waals surface area contributed by atoms with Gasteiger partial charge in [-0.25, -0.2) is 9.67 Å². The third-order valence-electron chi connectivity index (χ3n) is 6.14. The van der Waals surface area contributed by atoms with Crippen molar-refractivity contribution < 1.29 is 4.79 Å². The van der Waals surface area contributed by atoms with E-state index in [1.165, 1.54) is 11.1 Å². The fraction of sp³-hybridized carbons (Fsp3) is 0.545. The first-order valence-corrected chi connectivity index (χ1v) is 11.0.